The molecule has 2 aromatic rings. The van der Waals surface area contributed by atoms with Gasteiger partial charge in [0.2, 0.25) is 0 Å². The second-order valence-electron chi connectivity index (χ2n) is 7.34. The van der Waals surface area contributed by atoms with Gasteiger partial charge >= 0.3 is 0 Å². The van der Waals surface area contributed by atoms with Crippen molar-refractivity contribution >= 4 is 0 Å². The van der Waals surface area contributed by atoms with Crippen LogP contribution in [0, 0.1) is 41.5 Å². The van der Waals surface area contributed by atoms with Gasteiger partial charge in [0.25, 0.3) is 0 Å². The number of hydrogen-bond donors (Lipinski definition) is 2. The van der Waals surface area contributed by atoms with Crippen LogP contribution in [0.1, 0.15) is 52.6 Å². The number of aromatic hydroxyl groups is 2. The van der Waals surface area contributed by atoms with E-state index in [0.717, 1.165) is 64.1 Å². The third-order valence-electron chi connectivity index (χ3n) is 5.32. The molecule has 0 saturated heterocycles. The van der Waals surface area contributed by atoms with Crippen LogP contribution in [0.5, 0.6) is 23.0 Å². The molecular formula is C23H32O4. The number of ether oxygens (including phenoxy) is 2. The molecule has 2 N–H and O–H groups in total. The highest BCUT2D eigenvalue weighted by Crippen LogP contribution is 2.33. The number of phenols is 2. The smallest absolute Gasteiger partial charge is 0.122 e. The lowest BCUT2D eigenvalue weighted by atomic mass is 10.0. The van der Waals surface area contributed by atoms with Gasteiger partial charge in [0.15, 0.2) is 0 Å². The molecule has 0 fully saturated rings. The number of phenolic OH excluding ortho intramolecular Hbond substituents is 2. The normalized spacial score (nSPS) is 10.9. The molecule has 2 aromatic carbocycles. The fourth-order valence-corrected chi connectivity index (χ4v) is 3.11. The Morgan fingerprint density at radius 3 is 1.33 bits per heavy atom. The Labute approximate surface area is 162 Å². The molecule has 0 atom stereocenters. The van der Waals surface area contributed by atoms with Gasteiger partial charge in [0.05, 0.1) is 13.2 Å². The first kappa shape index (κ1) is 20.9. The molecule has 0 aliphatic carbocycles. The second kappa shape index (κ2) is 9.03. The van der Waals surface area contributed by atoms with E-state index in [-0.39, 0.29) is 0 Å². The topological polar surface area (TPSA) is 58.9 Å². The summed E-state index contributed by atoms with van der Waals surface area (Å²) in [6.45, 7) is 12.9. The monoisotopic (exact) mass is 372 g/mol. The van der Waals surface area contributed by atoms with Crippen molar-refractivity contribution < 1.29 is 19.7 Å². The maximum Gasteiger partial charge on any atom is 0.122 e. The van der Waals surface area contributed by atoms with Gasteiger partial charge < -0.3 is 19.7 Å². The fourth-order valence-electron chi connectivity index (χ4n) is 3.11. The van der Waals surface area contributed by atoms with Crippen molar-refractivity contribution in [1.29, 1.82) is 0 Å². The van der Waals surface area contributed by atoms with Crippen LogP contribution >= 0.6 is 0 Å². The zero-order valence-corrected chi connectivity index (χ0v) is 17.4. The fraction of sp³-hybridized carbons (Fsp3) is 0.478. The van der Waals surface area contributed by atoms with Crippen LogP contribution in [0.4, 0.5) is 0 Å². The van der Waals surface area contributed by atoms with Gasteiger partial charge in [0, 0.05) is 0 Å². The molecule has 4 nitrogen and oxygen atoms in total. The van der Waals surface area contributed by atoms with Crippen LogP contribution in [0.25, 0.3) is 0 Å². The average Bonchev–Trinajstić information content (AvgIpc) is 2.65. The van der Waals surface area contributed by atoms with E-state index >= 15 is 0 Å². The minimum Gasteiger partial charge on any atom is -0.507 e. The molecule has 2 rings (SSSR count). The van der Waals surface area contributed by atoms with E-state index < -0.39 is 0 Å². The SMILES string of the molecule is Cc1cc(OCCCCCOc2cc(C)c(O)c(C)c2C)c(C)c(C)c1O. The summed E-state index contributed by atoms with van der Waals surface area (Å²) in [5.74, 6) is 2.41. The summed E-state index contributed by atoms with van der Waals surface area (Å²) in [4.78, 5) is 0. The Bertz CT molecular complexity index is 742. The standard InChI is InChI=1S/C23H32O4/c1-14-12-20(16(3)18(5)22(14)24)26-10-8-7-9-11-27-21-13-15(2)23(25)19(6)17(21)4/h12-13,24-25H,7-11H2,1-6H3. The van der Waals surface area contributed by atoms with Gasteiger partial charge in [-0.15, -0.1) is 0 Å². The van der Waals surface area contributed by atoms with E-state index in [9.17, 15) is 10.2 Å². The molecule has 0 amide bonds. The number of rotatable bonds is 8. The second-order valence-corrected chi connectivity index (χ2v) is 7.34. The molecule has 0 aliphatic heterocycles. The molecule has 27 heavy (non-hydrogen) atoms. The summed E-state index contributed by atoms with van der Waals surface area (Å²) in [5, 5.41) is 19.9. The van der Waals surface area contributed by atoms with E-state index in [2.05, 4.69) is 0 Å². The average molecular weight is 373 g/mol. The largest absolute Gasteiger partial charge is 0.507 e. The Kier molecular flexibility index (Phi) is 7.00. The maximum atomic E-state index is 9.96. The molecule has 0 bridgehead atoms. The molecule has 0 radical (unpaired) electrons. The Hall–Kier alpha value is -2.36. The van der Waals surface area contributed by atoms with Gasteiger partial charge in [-0.3, -0.25) is 0 Å². The maximum absolute atomic E-state index is 9.96. The zero-order valence-electron chi connectivity index (χ0n) is 17.4. The highest BCUT2D eigenvalue weighted by atomic mass is 16.5. The quantitative estimate of drug-likeness (QED) is 0.594. The van der Waals surface area contributed by atoms with Crippen LogP contribution in [0.2, 0.25) is 0 Å². The van der Waals surface area contributed by atoms with Gasteiger partial charge in [-0.2, -0.15) is 0 Å². The molecular weight excluding hydrogens is 340 g/mol. The first-order valence-corrected chi connectivity index (χ1v) is 9.59. The van der Waals surface area contributed by atoms with Crippen molar-refractivity contribution in [3.05, 3.63) is 45.5 Å². The summed E-state index contributed by atoms with van der Waals surface area (Å²) >= 11 is 0. The van der Waals surface area contributed by atoms with Crippen molar-refractivity contribution in [2.45, 2.75) is 60.8 Å². The van der Waals surface area contributed by atoms with Crippen molar-refractivity contribution in [3.8, 4) is 23.0 Å². The van der Waals surface area contributed by atoms with Crippen LogP contribution in [0.3, 0.4) is 0 Å². The van der Waals surface area contributed by atoms with Gasteiger partial charge in [-0.1, -0.05) is 0 Å². The zero-order chi connectivity index (χ0) is 20.1. The highest BCUT2D eigenvalue weighted by molar-refractivity contribution is 5.52. The van der Waals surface area contributed by atoms with Gasteiger partial charge in [0.1, 0.15) is 23.0 Å². The first-order chi connectivity index (χ1) is 12.7. The molecule has 0 saturated carbocycles. The Morgan fingerprint density at radius 1 is 0.593 bits per heavy atom. The third-order valence-corrected chi connectivity index (χ3v) is 5.32. The summed E-state index contributed by atoms with van der Waals surface area (Å²) in [7, 11) is 0. The van der Waals surface area contributed by atoms with Crippen LogP contribution in [0.15, 0.2) is 12.1 Å². The summed E-state index contributed by atoms with van der Waals surface area (Å²) in [6.07, 6.45) is 2.92. The van der Waals surface area contributed by atoms with E-state index in [1.54, 1.807) is 0 Å². The molecule has 4 heteroatoms. The molecule has 0 heterocycles. The summed E-state index contributed by atoms with van der Waals surface area (Å²) in [6, 6.07) is 3.80. The predicted octanol–water partition coefficient (Wildman–Crippen LogP) is 5.58. The van der Waals surface area contributed by atoms with E-state index in [4.69, 9.17) is 9.47 Å². The van der Waals surface area contributed by atoms with Gasteiger partial charge in [-0.05, 0) is 106 Å². The minimum absolute atomic E-state index is 0.354. The number of unbranched alkanes of at least 4 members (excludes halogenated alkanes) is 2. The third kappa shape index (κ3) is 4.88. The summed E-state index contributed by atoms with van der Waals surface area (Å²) < 4.78 is 11.8. The van der Waals surface area contributed by atoms with Crippen molar-refractivity contribution in [1.82, 2.24) is 0 Å². The summed E-state index contributed by atoms with van der Waals surface area (Å²) in [5.41, 5.74) is 5.44. The van der Waals surface area contributed by atoms with Crippen molar-refractivity contribution in [2.24, 2.45) is 0 Å². The lowest BCUT2D eigenvalue weighted by Crippen LogP contribution is -2.03. The highest BCUT2D eigenvalue weighted by Gasteiger charge is 2.11. The molecule has 0 spiro atoms. The number of benzene rings is 2. The van der Waals surface area contributed by atoms with Crippen LogP contribution in [-0.2, 0) is 0 Å². The van der Waals surface area contributed by atoms with Crippen LogP contribution < -0.4 is 9.47 Å². The van der Waals surface area contributed by atoms with Crippen molar-refractivity contribution in [3.63, 3.8) is 0 Å². The van der Waals surface area contributed by atoms with E-state index in [1.165, 1.54) is 0 Å². The Balaban J connectivity index is 1.75. The minimum atomic E-state index is 0.354. The molecule has 0 unspecified atom stereocenters. The molecule has 148 valence electrons. The molecule has 0 aliphatic rings. The number of aryl methyl sites for hydroxylation is 2. The molecule has 0 aromatic heterocycles. The van der Waals surface area contributed by atoms with Crippen LogP contribution in [-0.4, -0.2) is 23.4 Å². The first-order valence-electron chi connectivity index (χ1n) is 9.59. The predicted molar refractivity (Wildman–Crippen MR) is 109 cm³/mol. The van der Waals surface area contributed by atoms with E-state index in [0.29, 0.717) is 24.7 Å². The van der Waals surface area contributed by atoms with Crippen molar-refractivity contribution in [2.75, 3.05) is 13.2 Å². The lowest BCUT2D eigenvalue weighted by Gasteiger charge is -2.15. The Morgan fingerprint density at radius 2 is 0.963 bits per heavy atom. The lowest BCUT2D eigenvalue weighted by molar-refractivity contribution is 0.277. The number of hydrogen-bond acceptors (Lipinski definition) is 4. The van der Waals surface area contributed by atoms with E-state index in [1.807, 2.05) is 53.7 Å². The van der Waals surface area contributed by atoms with Gasteiger partial charge in [-0.25, -0.2) is 0 Å².